The minimum Gasteiger partial charge on any atom is -0.497 e. The van der Waals surface area contributed by atoms with E-state index in [0.29, 0.717) is 13.1 Å². The quantitative estimate of drug-likeness (QED) is 0.691. The maximum atomic E-state index is 12.2. The second-order valence-corrected chi connectivity index (χ2v) is 7.18. The van der Waals surface area contributed by atoms with Gasteiger partial charge in [-0.15, -0.1) is 11.3 Å². The monoisotopic (exact) mass is 389 g/mol. The third-order valence-corrected chi connectivity index (χ3v) is 5.30. The second-order valence-electron chi connectivity index (χ2n) is 6.15. The first-order chi connectivity index (χ1) is 13.0. The van der Waals surface area contributed by atoms with Gasteiger partial charge < -0.3 is 10.1 Å². The normalized spacial score (nSPS) is 11.9. The molecule has 0 saturated heterocycles. The molecular formula is C20H27N3O3S. The molecule has 6 nitrogen and oxygen atoms in total. The number of nitrogens with one attached hydrogen (secondary N) is 2. The van der Waals surface area contributed by atoms with Crippen molar-refractivity contribution in [3.8, 4) is 5.75 Å². The summed E-state index contributed by atoms with van der Waals surface area (Å²) in [6, 6.07) is 11.4. The summed E-state index contributed by atoms with van der Waals surface area (Å²) in [4.78, 5) is 27.3. The summed E-state index contributed by atoms with van der Waals surface area (Å²) in [6.45, 7) is 5.36. The van der Waals surface area contributed by atoms with Crippen molar-refractivity contribution in [3.63, 3.8) is 0 Å². The number of imide groups is 1. The molecule has 2 N–H and O–H groups in total. The molecule has 0 fully saturated rings. The van der Waals surface area contributed by atoms with Crippen molar-refractivity contribution in [1.29, 1.82) is 0 Å². The number of hydrogen-bond acceptors (Lipinski definition) is 5. The lowest BCUT2D eigenvalue weighted by Gasteiger charge is -2.27. The Labute approximate surface area is 164 Å². The number of carbonyl (C=O) groups is 2. The summed E-state index contributed by atoms with van der Waals surface area (Å²) in [5.41, 5.74) is 1.06. The maximum Gasteiger partial charge on any atom is 0.321 e. The molecule has 0 spiro atoms. The predicted molar refractivity (Wildman–Crippen MR) is 108 cm³/mol. The lowest BCUT2D eigenvalue weighted by molar-refractivity contribution is -0.121. The van der Waals surface area contributed by atoms with Gasteiger partial charge in [-0.3, -0.25) is 15.0 Å². The molecule has 1 atom stereocenters. The molecule has 1 unspecified atom stereocenters. The van der Waals surface area contributed by atoms with Crippen LogP contribution in [-0.2, 0) is 11.2 Å². The van der Waals surface area contributed by atoms with Gasteiger partial charge in [0.1, 0.15) is 5.75 Å². The summed E-state index contributed by atoms with van der Waals surface area (Å²) in [5, 5.41) is 7.12. The Morgan fingerprint density at radius 1 is 1.26 bits per heavy atom. The Hall–Kier alpha value is -2.38. The Morgan fingerprint density at radius 3 is 2.74 bits per heavy atom. The van der Waals surface area contributed by atoms with E-state index < -0.39 is 6.03 Å². The number of amides is 3. The molecule has 2 aromatic rings. The number of ether oxygens (including phenoxy) is 1. The molecule has 0 aliphatic carbocycles. The summed E-state index contributed by atoms with van der Waals surface area (Å²) >= 11 is 1.65. The van der Waals surface area contributed by atoms with Gasteiger partial charge >= 0.3 is 6.03 Å². The number of likely N-dealkylation sites (N-methyl/N-ethyl adjacent to an activating group) is 1. The minimum atomic E-state index is -0.457. The van der Waals surface area contributed by atoms with E-state index in [1.807, 2.05) is 60.5 Å². The average molecular weight is 390 g/mol. The minimum absolute atomic E-state index is 0.0257. The number of rotatable bonds is 9. The molecule has 3 amide bonds. The molecule has 1 heterocycles. The number of methoxy groups -OCH3 is 1. The van der Waals surface area contributed by atoms with Gasteiger partial charge in [0, 0.05) is 17.5 Å². The number of thiophene rings is 1. The van der Waals surface area contributed by atoms with E-state index in [2.05, 4.69) is 10.6 Å². The van der Waals surface area contributed by atoms with Gasteiger partial charge in [-0.2, -0.15) is 0 Å². The smallest absolute Gasteiger partial charge is 0.321 e. The predicted octanol–water partition coefficient (Wildman–Crippen LogP) is 3.21. The topological polar surface area (TPSA) is 70.7 Å². The summed E-state index contributed by atoms with van der Waals surface area (Å²) in [7, 11) is 1.63. The zero-order valence-corrected chi connectivity index (χ0v) is 16.8. The number of nitrogens with zero attached hydrogens (tertiary/aromatic N) is 1. The van der Waals surface area contributed by atoms with Crippen LogP contribution < -0.4 is 15.4 Å². The van der Waals surface area contributed by atoms with Crippen LogP contribution in [0.25, 0.3) is 0 Å². The van der Waals surface area contributed by atoms with Crippen LogP contribution in [-0.4, -0.2) is 43.6 Å². The highest BCUT2D eigenvalue weighted by atomic mass is 32.1. The number of urea groups is 1. The third kappa shape index (κ3) is 6.69. The second kappa shape index (κ2) is 10.7. The van der Waals surface area contributed by atoms with Crippen LogP contribution in [0, 0.1) is 0 Å². The number of benzene rings is 1. The molecule has 2 rings (SSSR count). The van der Waals surface area contributed by atoms with Gasteiger partial charge in [-0.25, -0.2) is 4.79 Å². The van der Waals surface area contributed by atoms with E-state index in [1.165, 1.54) is 4.88 Å². The van der Waals surface area contributed by atoms with Crippen LogP contribution in [0.1, 0.15) is 30.3 Å². The van der Waals surface area contributed by atoms with Crippen molar-refractivity contribution in [2.45, 2.75) is 26.3 Å². The van der Waals surface area contributed by atoms with E-state index >= 15 is 0 Å². The van der Waals surface area contributed by atoms with Gasteiger partial charge in [-0.05, 0) is 49.0 Å². The maximum absolute atomic E-state index is 12.2. The van der Waals surface area contributed by atoms with Crippen molar-refractivity contribution in [3.05, 3.63) is 52.2 Å². The summed E-state index contributed by atoms with van der Waals surface area (Å²) in [6.07, 6.45) is 0.757. The fourth-order valence-corrected chi connectivity index (χ4v) is 3.49. The fraction of sp³-hybridized carbons (Fsp3) is 0.400. The number of hydrogen-bond donors (Lipinski definition) is 2. The van der Waals surface area contributed by atoms with Crippen molar-refractivity contribution >= 4 is 23.3 Å². The average Bonchev–Trinajstić information content (AvgIpc) is 3.19. The van der Waals surface area contributed by atoms with Gasteiger partial charge in [0.15, 0.2) is 0 Å². The van der Waals surface area contributed by atoms with Crippen molar-refractivity contribution in [2.24, 2.45) is 0 Å². The molecule has 146 valence electrons. The molecular weight excluding hydrogens is 362 g/mol. The first kappa shape index (κ1) is 20.9. The van der Waals surface area contributed by atoms with E-state index in [-0.39, 0.29) is 18.5 Å². The fourth-order valence-electron chi connectivity index (χ4n) is 2.78. The zero-order chi connectivity index (χ0) is 19.6. The Bertz CT molecular complexity index is 734. The van der Waals surface area contributed by atoms with E-state index in [0.717, 1.165) is 17.7 Å². The van der Waals surface area contributed by atoms with Crippen LogP contribution in [0.4, 0.5) is 4.79 Å². The molecule has 0 radical (unpaired) electrons. The molecule has 1 aromatic carbocycles. The van der Waals surface area contributed by atoms with Gasteiger partial charge in [0.05, 0.1) is 13.7 Å². The highest BCUT2D eigenvalue weighted by molar-refractivity contribution is 7.09. The highest BCUT2D eigenvalue weighted by Gasteiger charge is 2.19. The highest BCUT2D eigenvalue weighted by Crippen LogP contribution is 2.23. The van der Waals surface area contributed by atoms with Gasteiger partial charge in [0.2, 0.25) is 5.91 Å². The van der Waals surface area contributed by atoms with E-state index in [4.69, 9.17) is 4.74 Å². The van der Waals surface area contributed by atoms with Crippen LogP contribution in [0.3, 0.4) is 0 Å². The molecule has 0 aliphatic heterocycles. The largest absolute Gasteiger partial charge is 0.497 e. The van der Waals surface area contributed by atoms with Gasteiger partial charge in [-0.1, -0.05) is 25.1 Å². The van der Waals surface area contributed by atoms with E-state index in [9.17, 15) is 9.59 Å². The van der Waals surface area contributed by atoms with Crippen LogP contribution in [0.5, 0.6) is 5.75 Å². The van der Waals surface area contributed by atoms with Crippen molar-refractivity contribution < 1.29 is 14.3 Å². The lowest BCUT2D eigenvalue weighted by Crippen LogP contribution is -2.45. The molecule has 0 aliphatic rings. The van der Waals surface area contributed by atoms with Crippen LogP contribution in [0.2, 0.25) is 0 Å². The molecule has 27 heavy (non-hydrogen) atoms. The van der Waals surface area contributed by atoms with Crippen molar-refractivity contribution in [2.75, 3.05) is 26.7 Å². The van der Waals surface area contributed by atoms with E-state index in [1.54, 1.807) is 18.4 Å². The first-order valence-corrected chi connectivity index (χ1v) is 9.89. The Balaban J connectivity index is 1.81. The SMILES string of the molecule is CCN(CC(=O)NC(=O)NCCc1cccs1)C(C)c1cccc(OC)c1. The summed E-state index contributed by atoms with van der Waals surface area (Å²) < 4.78 is 5.27. The van der Waals surface area contributed by atoms with Gasteiger partial charge in [0.25, 0.3) is 0 Å². The Morgan fingerprint density at radius 2 is 2.07 bits per heavy atom. The summed E-state index contributed by atoms with van der Waals surface area (Å²) in [5.74, 6) is 0.463. The van der Waals surface area contributed by atoms with Crippen LogP contribution >= 0.6 is 11.3 Å². The zero-order valence-electron chi connectivity index (χ0n) is 16.0. The molecule has 0 bridgehead atoms. The molecule has 1 aromatic heterocycles. The first-order valence-electron chi connectivity index (χ1n) is 9.01. The lowest BCUT2D eigenvalue weighted by atomic mass is 10.1. The standard InChI is InChI=1S/C20H27N3O3S/c1-4-23(15(2)16-7-5-8-17(13-16)26-3)14-19(24)22-20(25)21-11-10-18-9-6-12-27-18/h5-9,12-13,15H,4,10-11,14H2,1-3H3,(H2,21,22,24,25). The Kier molecular flexibility index (Phi) is 8.29. The van der Waals surface area contributed by atoms with Crippen molar-refractivity contribution in [1.82, 2.24) is 15.5 Å². The third-order valence-electron chi connectivity index (χ3n) is 4.37. The molecule has 7 heteroatoms. The number of carbonyl (C=O) groups excluding carboxylic acids is 2. The molecule has 0 saturated carbocycles. The van der Waals surface area contributed by atoms with Crippen LogP contribution in [0.15, 0.2) is 41.8 Å².